The Bertz CT molecular complexity index is 1100. The van der Waals surface area contributed by atoms with Gasteiger partial charge >= 0.3 is 0 Å². The fraction of sp³-hybridized carbons (Fsp3) is 0.292. The average Bonchev–Trinajstić information content (AvgIpc) is 3.10. The summed E-state index contributed by atoms with van der Waals surface area (Å²) >= 11 is 0. The lowest BCUT2D eigenvalue weighted by Crippen LogP contribution is -2.25. The van der Waals surface area contributed by atoms with E-state index in [0.29, 0.717) is 55.8 Å². The van der Waals surface area contributed by atoms with E-state index in [2.05, 4.69) is 16.5 Å². The molecule has 0 bridgehead atoms. The zero-order valence-electron chi connectivity index (χ0n) is 18.0. The molecule has 0 saturated carbocycles. The van der Waals surface area contributed by atoms with Crippen LogP contribution in [0.2, 0.25) is 0 Å². The van der Waals surface area contributed by atoms with Crippen molar-refractivity contribution in [1.82, 2.24) is 15.1 Å². The number of carbonyl (C=O) groups excluding carboxylic acids is 1. The quantitative estimate of drug-likeness (QED) is 0.473. The molecule has 1 amide bonds. The molecule has 0 saturated heterocycles. The Labute approximate surface area is 186 Å². The molecule has 3 N–H and O–H groups in total. The first-order valence-electron chi connectivity index (χ1n) is 10.5. The summed E-state index contributed by atoms with van der Waals surface area (Å²) in [5.41, 5.74) is 8.61. The summed E-state index contributed by atoms with van der Waals surface area (Å²) in [5, 5.41) is 16.7. The summed E-state index contributed by atoms with van der Waals surface area (Å²) in [6.45, 7) is 2.94. The highest BCUT2D eigenvalue weighted by Crippen LogP contribution is 2.21. The first-order valence-corrected chi connectivity index (χ1v) is 10.5. The second-order valence-corrected chi connectivity index (χ2v) is 7.43. The van der Waals surface area contributed by atoms with Crippen molar-refractivity contribution in [2.24, 2.45) is 0 Å². The van der Waals surface area contributed by atoms with E-state index in [1.54, 1.807) is 12.1 Å². The number of benzene rings is 2. The third-order valence-electron chi connectivity index (χ3n) is 4.90. The third-order valence-corrected chi connectivity index (χ3v) is 4.90. The van der Waals surface area contributed by atoms with Gasteiger partial charge in [0.15, 0.2) is 0 Å². The minimum absolute atomic E-state index is 0.0466. The number of aryl methyl sites for hydroxylation is 2. The molecule has 0 fully saturated rings. The van der Waals surface area contributed by atoms with Crippen LogP contribution in [-0.2, 0) is 11.2 Å². The van der Waals surface area contributed by atoms with Gasteiger partial charge in [-0.1, -0.05) is 12.1 Å². The van der Waals surface area contributed by atoms with Gasteiger partial charge in [0.05, 0.1) is 18.0 Å². The monoisotopic (exact) mass is 435 g/mol. The van der Waals surface area contributed by atoms with Crippen molar-refractivity contribution in [2.45, 2.75) is 32.6 Å². The van der Waals surface area contributed by atoms with Crippen LogP contribution in [0.4, 0.5) is 10.2 Å². The molecule has 0 atom stereocenters. The van der Waals surface area contributed by atoms with E-state index < -0.39 is 0 Å². The molecule has 1 heterocycles. The second-order valence-electron chi connectivity index (χ2n) is 7.43. The van der Waals surface area contributed by atoms with Gasteiger partial charge in [-0.25, -0.2) is 9.07 Å². The highest BCUT2D eigenvalue weighted by Gasteiger charge is 2.16. The van der Waals surface area contributed by atoms with Crippen molar-refractivity contribution < 1.29 is 13.9 Å². The van der Waals surface area contributed by atoms with Gasteiger partial charge in [-0.15, -0.1) is 0 Å². The maximum atomic E-state index is 13.2. The number of amides is 1. The first-order chi connectivity index (χ1) is 15.5. The fourth-order valence-electron chi connectivity index (χ4n) is 3.25. The van der Waals surface area contributed by atoms with Crippen LogP contribution in [0.5, 0.6) is 5.75 Å². The number of nitrogens with zero attached hydrogens (tertiary/aromatic N) is 3. The lowest BCUT2D eigenvalue weighted by Gasteiger charge is -2.07. The zero-order valence-corrected chi connectivity index (χ0v) is 18.0. The molecule has 2 aromatic carbocycles. The number of hydrogen-bond acceptors (Lipinski definition) is 5. The minimum Gasteiger partial charge on any atom is -0.494 e. The van der Waals surface area contributed by atoms with Crippen molar-refractivity contribution in [3.8, 4) is 17.5 Å². The van der Waals surface area contributed by atoms with E-state index in [4.69, 9.17) is 10.5 Å². The van der Waals surface area contributed by atoms with Crippen molar-refractivity contribution in [3.05, 3.63) is 71.2 Å². The molecule has 0 unspecified atom stereocenters. The van der Waals surface area contributed by atoms with Crippen LogP contribution in [0.25, 0.3) is 5.69 Å². The zero-order chi connectivity index (χ0) is 22.9. The summed E-state index contributed by atoms with van der Waals surface area (Å²) in [7, 11) is 0. The molecule has 3 rings (SSSR count). The normalized spacial score (nSPS) is 10.5. The Kier molecular flexibility index (Phi) is 7.81. The lowest BCUT2D eigenvalue weighted by atomic mass is 10.1. The SMILES string of the molecule is Cc1cccc(OCCCC(=O)NCCCc2nn(-c3ccc(F)cc3)c(N)c2C#N)c1. The molecule has 0 aliphatic carbocycles. The number of nitrogen functional groups attached to an aromatic ring is 1. The highest BCUT2D eigenvalue weighted by molar-refractivity contribution is 5.75. The molecule has 0 spiro atoms. The largest absolute Gasteiger partial charge is 0.494 e. The standard InChI is InChI=1S/C24H26FN5O2/c1-17-5-2-6-20(15-17)32-14-4-8-23(31)28-13-3-7-22-21(16-26)24(27)30(29-22)19-11-9-18(25)10-12-19/h2,5-6,9-12,15H,3-4,7-8,13-14,27H2,1H3,(H,28,31). The van der Waals surface area contributed by atoms with Gasteiger partial charge in [0, 0.05) is 13.0 Å². The Balaban J connectivity index is 1.42. The van der Waals surface area contributed by atoms with E-state index in [1.807, 2.05) is 31.2 Å². The molecule has 166 valence electrons. The van der Waals surface area contributed by atoms with Crippen LogP contribution in [0.15, 0.2) is 48.5 Å². The maximum absolute atomic E-state index is 13.2. The molecule has 0 aliphatic heterocycles. The number of rotatable bonds is 10. The number of halogens is 1. The minimum atomic E-state index is -0.363. The molecule has 3 aromatic rings. The van der Waals surface area contributed by atoms with Crippen LogP contribution < -0.4 is 15.8 Å². The lowest BCUT2D eigenvalue weighted by molar-refractivity contribution is -0.121. The van der Waals surface area contributed by atoms with Crippen LogP contribution in [0.3, 0.4) is 0 Å². The molecular formula is C24H26FN5O2. The Hall–Kier alpha value is -3.86. The van der Waals surface area contributed by atoms with Gasteiger partial charge in [0.1, 0.15) is 29.0 Å². The first kappa shape index (κ1) is 22.8. The van der Waals surface area contributed by atoms with Crippen molar-refractivity contribution in [3.63, 3.8) is 0 Å². The number of nitrogens with one attached hydrogen (secondary N) is 1. The predicted octanol–water partition coefficient (Wildman–Crippen LogP) is 3.68. The van der Waals surface area contributed by atoms with Crippen LogP contribution in [0.1, 0.15) is 36.1 Å². The number of hydrogen-bond donors (Lipinski definition) is 2. The van der Waals surface area contributed by atoms with E-state index >= 15 is 0 Å². The maximum Gasteiger partial charge on any atom is 0.220 e. The Morgan fingerprint density at radius 3 is 2.75 bits per heavy atom. The third kappa shape index (κ3) is 6.08. The van der Waals surface area contributed by atoms with Gasteiger partial charge < -0.3 is 15.8 Å². The summed E-state index contributed by atoms with van der Waals surface area (Å²) in [4.78, 5) is 12.0. The number of nitriles is 1. The number of carbonyl (C=O) groups is 1. The van der Waals surface area contributed by atoms with Gasteiger partial charge in [-0.2, -0.15) is 10.4 Å². The van der Waals surface area contributed by atoms with Crippen LogP contribution in [-0.4, -0.2) is 28.8 Å². The van der Waals surface area contributed by atoms with Crippen LogP contribution >= 0.6 is 0 Å². The Morgan fingerprint density at radius 2 is 2.03 bits per heavy atom. The fourth-order valence-corrected chi connectivity index (χ4v) is 3.25. The topological polar surface area (TPSA) is 106 Å². The van der Waals surface area contributed by atoms with E-state index in [9.17, 15) is 14.4 Å². The molecule has 1 aromatic heterocycles. The van der Waals surface area contributed by atoms with Gasteiger partial charge in [0.2, 0.25) is 5.91 Å². The predicted molar refractivity (Wildman–Crippen MR) is 120 cm³/mol. The van der Waals surface area contributed by atoms with Crippen molar-refractivity contribution in [2.75, 3.05) is 18.9 Å². The summed E-state index contributed by atoms with van der Waals surface area (Å²) < 4.78 is 20.2. The number of aromatic nitrogens is 2. The summed E-state index contributed by atoms with van der Waals surface area (Å²) in [6.07, 6.45) is 2.09. The smallest absolute Gasteiger partial charge is 0.220 e. The van der Waals surface area contributed by atoms with Gasteiger partial charge in [-0.3, -0.25) is 4.79 Å². The van der Waals surface area contributed by atoms with Crippen molar-refractivity contribution >= 4 is 11.7 Å². The van der Waals surface area contributed by atoms with E-state index in [1.165, 1.54) is 16.8 Å². The summed E-state index contributed by atoms with van der Waals surface area (Å²) in [5.74, 6) is 0.609. The van der Waals surface area contributed by atoms with Gasteiger partial charge in [-0.05, 0) is 68.1 Å². The van der Waals surface area contributed by atoms with E-state index in [-0.39, 0.29) is 17.5 Å². The number of nitrogens with two attached hydrogens (primary N) is 1. The van der Waals surface area contributed by atoms with E-state index in [0.717, 1.165) is 11.3 Å². The second kappa shape index (κ2) is 11.0. The van der Waals surface area contributed by atoms with Crippen LogP contribution in [0, 0.1) is 24.1 Å². The number of anilines is 1. The highest BCUT2D eigenvalue weighted by atomic mass is 19.1. The van der Waals surface area contributed by atoms with Gasteiger partial charge in [0.25, 0.3) is 0 Å². The molecular weight excluding hydrogens is 409 g/mol. The molecule has 32 heavy (non-hydrogen) atoms. The number of ether oxygens (including phenoxy) is 1. The Morgan fingerprint density at radius 1 is 1.25 bits per heavy atom. The molecule has 0 aliphatic rings. The summed E-state index contributed by atoms with van der Waals surface area (Å²) in [6, 6.07) is 15.6. The van der Waals surface area contributed by atoms with Crippen molar-refractivity contribution in [1.29, 1.82) is 5.26 Å². The molecule has 7 nitrogen and oxygen atoms in total. The average molecular weight is 436 g/mol. The molecule has 8 heteroatoms. The molecule has 0 radical (unpaired) electrons.